The van der Waals surface area contributed by atoms with Gasteiger partial charge in [-0.15, -0.1) is 0 Å². The van der Waals surface area contributed by atoms with Gasteiger partial charge in [0, 0.05) is 11.3 Å². The molecule has 0 radical (unpaired) electrons. The van der Waals surface area contributed by atoms with Crippen LogP contribution in [0.15, 0.2) is 42.5 Å². The molecule has 0 aliphatic carbocycles. The number of benzene rings is 2. The number of hydrogen-bond acceptors (Lipinski definition) is 3. The van der Waals surface area contributed by atoms with E-state index in [0.29, 0.717) is 17.0 Å². The standard InChI is InChI=1S/C16H14N2O3/c1-10-3-2-4-12(7-10)17-16(20)11-5-6-13-14(8-11)21-9-15(19)18-13/h2-8H,9H2,1H3,(H,17,20)(H,18,19). The number of ether oxygens (including phenoxy) is 1. The van der Waals surface area contributed by atoms with Crippen molar-refractivity contribution in [2.75, 3.05) is 17.2 Å². The Morgan fingerprint density at radius 2 is 2.10 bits per heavy atom. The van der Waals surface area contributed by atoms with Gasteiger partial charge in [-0.2, -0.15) is 0 Å². The van der Waals surface area contributed by atoms with Crippen LogP contribution in [-0.2, 0) is 4.79 Å². The Balaban J connectivity index is 1.81. The van der Waals surface area contributed by atoms with Crippen molar-refractivity contribution in [2.45, 2.75) is 6.92 Å². The van der Waals surface area contributed by atoms with E-state index in [1.807, 2.05) is 31.2 Å². The minimum atomic E-state index is -0.219. The van der Waals surface area contributed by atoms with E-state index in [1.165, 1.54) is 0 Å². The van der Waals surface area contributed by atoms with Crippen molar-refractivity contribution in [1.82, 2.24) is 0 Å². The van der Waals surface area contributed by atoms with Gasteiger partial charge < -0.3 is 15.4 Å². The number of amides is 2. The quantitative estimate of drug-likeness (QED) is 0.889. The Kier molecular flexibility index (Phi) is 3.31. The molecule has 2 N–H and O–H groups in total. The molecule has 0 atom stereocenters. The highest BCUT2D eigenvalue weighted by molar-refractivity contribution is 6.05. The molecule has 0 fully saturated rings. The fourth-order valence-corrected chi connectivity index (χ4v) is 2.14. The third-order valence-corrected chi connectivity index (χ3v) is 3.15. The number of carbonyl (C=O) groups excluding carboxylic acids is 2. The molecule has 2 amide bonds. The summed E-state index contributed by atoms with van der Waals surface area (Å²) in [5, 5.41) is 5.52. The zero-order valence-corrected chi connectivity index (χ0v) is 11.5. The molecular formula is C16H14N2O3. The lowest BCUT2D eigenvalue weighted by Crippen LogP contribution is -2.25. The summed E-state index contributed by atoms with van der Waals surface area (Å²) in [6.45, 7) is 1.93. The van der Waals surface area contributed by atoms with E-state index >= 15 is 0 Å². The molecule has 0 aromatic heterocycles. The van der Waals surface area contributed by atoms with Crippen molar-refractivity contribution in [2.24, 2.45) is 0 Å². The van der Waals surface area contributed by atoms with Crippen molar-refractivity contribution in [3.05, 3.63) is 53.6 Å². The Bertz CT molecular complexity index is 725. The average Bonchev–Trinajstić information content (AvgIpc) is 2.46. The molecule has 5 nitrogen and oxygen atoms in total. The largest absolute Gasteiger partial charge is 0.482 e. The summed E-state index contributed by atoms with van der Waals surface area (Å²) in [7, 11) is 0. The number of nitrogens with one attached hydrogen (secondary N) is 2. The van der Waals surface area contributed by atoms with E-state index in [9.17, 15) is 9.59 Å². The zero-order valence-electron chi connectivity index (χ0n) is 11.5. The molecule has 1 heterocycles. The molecule has 106 valence electrons. The lowest BCUT2D eigenvalue weighted by atomic mass is 10.1. The second-order valence-corrected chi connectivity index (χ2v) is 4.87. The first-order valence-electron chi connectivity index (χ1n) is 6.56. The van der Waals surface area contributed by atoms with Gasteiger partial charge in [0.25, 0.3) is 11.8 Å². The summed E-state index contributed by atoms with van der Waals surface area (Å²) in [4.78, 5) is 23.4. The number of hydrogen-bond donors (Lipinski definition) is 2. The van der Waals surface area contributed by atoms with Gasteiger partial charge in [0.2, 0.25) is 0 Å². The number of rotatable bonds is 2. The van der Waals surface area contributed by atoms with Crippen molar-refractivity contribution < 1.29 is 14.3 Å². The number of carbonyl (C=O) groups is 2. The summed E-state index contributed by atoms with van der Waals surface area (Å²) < 4.78 is 5.30. The van der Waals surface area contributed by atoms with Gasteiger partial charge in [0.05, 0.1) is 5.69 Å². The van der Waals surface area contributed by atoms with Crippen LogP contribution in [0.1, 0.15) is 15.9 Å². The maximum atomic E-state index is 12.2. The molecule has 0 spiro atoms. The van der Waals surface area contributed by atoms with Crippen LogP contribution in [0.25, 0.3) is 0 Å². The van der Waals surface area contributed by atoms with Crippen LogP contribution in [0, 0.1) is 6.92 Å². The second kappa shape index (κ2) is 5.28. The highest BCUT2D eigenvalue weighted by Gasteiger charge is 2.17. The molecule has 3 rings (SSSR count). The molecule has 1 aliphatic rings. The van der Waals surface area contributed by atoms with Crippen LogP contribution in [0.5, 0.6) is 5.75 Å². The first-order chi connectivity index (χ1) is 10.1. The molecule has 21 heavy (non-hydrogen) atoms. The summed E-state index contributed by atoms with van der Waals surface area (Å²) in [6, 6.07) is 12.5. The Morgan fingerprint density at radius 3 is 2.90 bits per heavy atom. The number of anilines is 2. The normalized spacial score (nSPS) is 12.9. The van der Waals surface area contributed by atoms with Crippen LogP contribution >= 0.6 is 0 Å². The van der Waals surface area contributed by atoms with Crippen LogP contribution in [-0.4, -0.2) is 18.4 Å². The van der Waals surface area contributed by atoms with Crippen molar-refractivity contribution >= 4 is 23.2 Å². The molecule has 2 aromatic rings. The van der Waals surface area contributed by atoms with E-state index < -0.39 is 0 Å². The van der Waals surface area contributed by atoms with Crippen LogP contribution in [0.3, 0.4) is 0 Å². The van der Waals surface area contributed by atoms with Gasteiger partial charge in [0.15, 0.2) is 6.61 Å². The highest BCUT2D eigenvalue weighted by Crippen LogP contribution is 2.28. The molecular weight excluding hydrogens is 268 g/mol. The van der Waals surface area contributed by atoms with E-state index in [1.54, 1.807) is 18.2 Å². The van der Waals surface area contributed by atoms with Gasteiger partial charge in [-0.05, 0) is 42.8 Å². The Hall–Kier alpha value is -2.82. The monoisotopic (exact) mass is 282 g/mol. The Labute approximate surface area is 121 Å². The number of fused-ring (bicyclic) bond motifs is 1. The predicted molar refractivity (Wildman–Crippen MR) is 79.7 cm³/mol. The van der Waals surface area contributed by atoms with Crippen LogP contribution in [0.2, 0.25) is 0 Å². The third-order valence-electron chi connectivity index (χ3n) is 3.15. The van der Waals surface area contributed by atoms with E-state index in [2.05, 4.69) is 10.6 Å². The molecule has 2 aromatic carbocycles. The minimum absolute atomic E-state index is 0.0318. The van der Waals surface area contributed by atoms with E-state index in [-0.39, 0.29) is 18.4 Å². The smallest absolute Gasteiger partial charge is 0.262 e. The lowest BCUT2D eigenvalue weighted by molar-refractivity contribution is -0.118. The van der Waals surface area contributed by atoms with Gasteiger partial charge in [-0.25, -0.2) is 0 Å². The molecule has 0 saturated carbocycles. The fourth-order valence-electron chi connectivity index (χ4n) is 2.14. The maximum Gasteiger partial charge on any atom is 0.262 e. The average molecular weight is 282 g/mol. The summed E-state index contributed by atoms with van der Waals surface area (Å²) >= 11 is 0. The zero-order chi connectivity index (χ0) is 14.8. The minimum Gasteiger partial charge on any atom is -0.482 e. The van der Waals surface area contributed by atoms with Crippen molar-refractivity contribution in [3.8, 4) is 5.75 Å². The molecule has 5 heteroatoms. The van der Waals surface area contributed by atoms with Gasteiger partial charge in [-0.3, -0.25) is 9.59 Å². The first-order valence-corrected chi connectivity index (χ1v) is 6.56. The van der Waals surface area contributed by atoms with E-state index in [0.717, 1.165) is 11.3 Å². The summed E-state index contributed by atoms with van der Waals surface area (Å²) in [5.74, 6) is 0.0925. The van der Waals surface area contributed by atoms with E-state index in [4.69, 9.17) is 4.74 Å². The van der Waals surface area contributed by atoms with Gasteiger partial charge in [0.1, 0.15) is 5.75 Å². The molecule has 0 unspecified atom stereocenters. The molecule has 1 aliphatic heterocycles. The van der Waals surface area contributed by atoms with Gasteiger partial charge in [-0.1, -0.05) is 12.1 Å². The predicted octanol–water partition coefficient (Wildman–Crippen LogP) is 2.58. The van der Waals surface area contributed by atoms with Crippen LogP contribution < -0.4 is 15.4 Å². The van der Waals surface area contributed by atoms with Crippen LogP contribution in [0.4, 0.5) is 11.4 Å². The highest BCUT2D eigenvalue weighted by atomic mass is 16.5. The Morgan fingerprint density at radius 1 is 1.24 bits per heavy atom. The lowest BCUT2D eigenvalue weighted by Gasteiger charge is -2.18. The third kappa shape index (κ3) is 2.86. The topological polar surface area (TPSA) is 67.4 Å². The summed E-state index contributed by atoms with van der Waals surface area (Å²) in [6.07, 6.45) is 0. The van der Waals surface area contributed by atoms with Crippen molar-refractivity contribution in [3.63, 3.8) is 0 Å². The first kappa shape index (κ1) is 13.2. The molecule has 0 saturated heterocycles. The molecule has 0 bridgehead atoms. The van der Waals surface area contributed by atoms with Gasteiger partial charge >= 0.3 is 0 Å². The van der Waals surface area contributed by atoms with Crippen molar-refractivity contribution in [1.29, 1.82) is 0 Å². The number of aryl methyl sites for hydroxylation is 1. The SMILES string of the molecule is Cc1cccc(NC(=O)c2ccc3c(c2)OCC(=O)N3)c1. The fraction of sp³-hybridized carbons (Fsp3) is 0.125. The summed E-state index contributed by atoms with van der Waals surface area (Å²) in [5.41, 5.74) is 2.88. The maximum absolute atomic E-state index is 12.2. The second-order valence-electron chi connectivity index (χ2n) is 4.87.